The molecule has 0 bridgehead atoms. The Labute approximate surface area is 225 Å². The molecule has 2 rings (SSSR count). The topological polar surface area (TPSA) is 9.23 Å². The molecule has 0 aromatic heterocycles. The predicted molar refractivity (Wildman–Crippen MR) is 160 cm³/mol. The molecule has 1 aliphatic heterocycles. The number of hydrogen-bond acceptors (Lipinski definition) is 1. The summed E-state index contributed by atoms with van der Waals surface area (Å²) in [4.78, 5) is 0. The summed E-state index contributed by atoms with van der Waals surface area (Å²) in [7, 11) is 0. The van der Waals surface area contributed by atoms with Gasteiger partial charge in [-0.2, -0.15) is 0 Å². The van der Waals surface area contributed by atoms with Crippen molar-refractivity contribution in [2.24, 2.45) is 0 Å². The Kier molecular flexibility index (Phi) is 13.6. The van der Waals surface area contributed by atoms with Crippen molar-refractivity contribution in [3.05, 3.63) is 51.8 Å². The van der Waals surface area contributed by atoms with Crippen molar-refractivity contribution in [3.63, 3.8) is 0 Å². The van der Waals surface area contributed by atoms with E-state index in [1.807, 2.05) is 0 Å². The molecule has 204 valence electrons. The van der Waals surface area contributed by atoms with E-state index in [2.05, 4.69) is 72.4 Å². The molecule has 0 saturated carbocycles. The van der Waals surface area contributed by atoms with Gasteiger partial charge < -0.3 is 4.74 Å². The van der Waals surface area contributed by atoms with E-state index in [0.717, 1.165) is 32.1 Å². The summed E-state index contributed by atoms with van der Waals surface area (Å²) >= 11 is 0. The molecule has 0 aromatic carbocycles. The monoisotopic (exact) mass is 494 g/mol. The van der Waals surface area contributed by atoms with Crippen molar-refractivity contribution < 1.29 is 4.74 Å². The fourth-order valence-electron chi connectivity index (χ4n) is 5.98. The maximum atomic E-state index is 7.20. The van der Waals surface area contributed by atoms with E-state index in [1.54, 1.807) is 11.1 Å². The van der Waals surface area contributed by atoms with Crippen LogP contribution in [-0.2, 0) is 4.74 Å². The predicted octanol–water partition coefficient (Wildman–Crippen LogP) is 11.5. The van der Waals surface area contributed by atoms with Gasteiger partial charge in [-0.25, -0.2) is 0 Å². The van der Waals surface area contributed by atoms with E-state index < -0.39 is 0 Å². The first-order valence-corrected chi connectivity index (χ1v) is 15.4. The molecule has 2 unspecified atom stereocenters. The van der Waals surface area contributed by atoms with Gasteiger partial charge in [-0.3, -0.25) is 0 Å². The van der Waals surface area contributed by atoms with Crippen LogP contribution in [0.5, 0.6) is 0 Å². The first-order chi connectivity index (χ1) is 17.3. The standard InChI is InChI=1S/C35H58O/c1-8-10-12-13-14-16-27-35-32(6)31(5)23-24-33(35)25-28-34(7,36-35)26-18-22-30(4)21-17-20-29(3)19-15-11-9-2/h19,22-23H,8-18,20-21,25-28H2,1-7H3/b29-19+,30-22+. The van der Waals surface area contributed by atoms with Crippen LogP contribution in [0.25, 0.3) is 0 Å². The summed E-state index contributed by atoms with van der Waals surface area (Å²) in [6, 6.07) is 0. The lowest BCUT2D eigenvalue weighted by Crippen LogP contribution is -2.50. The molecule has 1 fully saturated rings. The molecule has 0 aromatic rings. The van der Waals surface area contributed by atoms with Crippen LogP contribution in [0.4, 0.5) is 0 Å². The minimum absolute atomic E-state index is 0.0539. The first-order valence-electron chi connectivity index (χ1n) is 15.4. The zero-order valence-corrected chi connectivity index (χ0v) is 25.2. The lowest BCUT2D eigenvalue weighted by molar-refractivity contribution is -0.143. The van der Waals surface area contributed by atoms with Gasteiger partial charge in [0, 0.05) is 5.57 Å². The zero-order chi connectivity index (χ0) is 26.4. The lowest BCUT2D eigenvalue weighted by atomic mass is 9.71. The number of hydrogen-bond donors (Lipinski definition) is 0. The van der Waals surface area contributed by atoms with Crippen molar-refractivity contribution in [1.82, 2.24) is 0 Å². The van der Waals surface area contributed by atoms with Gasteiger partial charge in [0.05, 0.1) is 5.60 Å². The van der Waals surface area contributed by atoms with Crippen molar-refractivity contribution >= 4 is 0 Å². The Morgan fingerprint density at radius 2 is 1.50 bits per heavy atom. The van der Waals surface area contributed by atoms with Gasteiger partial charge in [-0.1, -0.05) is 82.1 Å². The van der Waals surface area contributed by atoms with E-state index in [0.29, 0.717) is 0 Å². The van der Waals surface area contributed by atoms with Crippen LogP contribution in [-0.4, -0.2) is 11.2 Å². The second-order valence-electron chi connectivity index (χ2n) is 12.1. The number of allylic oxidation sites excluding steroid dienone is 5. The van der Waals surface area contributed by atoms with Crippen molar-refractivity contribution in [2.75, 3.05) is 0 Å². The van der Waals surface area contributed by atoms with Gasteiger partial charge in [0.15, 0.2) is 0 Å². The van der Waals surface area contributed by atoms with E-state index in [9.17, 15) is 0 Å². The van der Waals surface area contributed by atoms with Crippen molar-refractivity contribution in [2.45, 2.75) is 169 Å². The maximum Gasteiger partial charge on any atom is 0.118 e. The molecule has 1 saturated heterocycles. The van der Waals surface area contributed by atoms with Gasteiger partial charge in [0.2, 0.25) is 0 Å². The van der Waals surface area contributed by atoms with Crippen LogP contribution in [0.15, 0.2) is 51.8 Å². The average Bonchev–Trinajstić information content (AvgIpc) is 2.84. The molecule has 0 amide bonds. The highest BCUT2D eigenvalue weighted by atomic mass is 16.5. The number of fused-ring (bicyclic) bond motifs is 1. The van der Waals surface area contributed by atoms with E-state index >= 15 is 0 Å². The van der Waals surface area contributed by atoms with Crippen LogP contribution in [0.1, 0.15) is 158 Å². The lowest BCUT2D eigenvalue weighted by Gasteiger charge is -2.50. The summed E-state index contributed by atoms with van der Waals surface area (Å²) in [5.74, 6) is 0. The number of rotatable bonds is 17. The van der Waals surface area contributed by atoms with Crippen LogP contribution < -0.4 is 0 Å². The molecular formula is C35H58O. The van der Waals surface area contributed by atoms with E-state index in [4.69, 9.17) is 4.74 Å². The zero-order valence-electron chi connectivity index (χ0n) is 25.2. The molecule has 2 atom stereocenters. The van der Waals surface area contributed by atoms with Gasteiger partial charge in [0.25, 0.3) is 0 Å². The summed E-state index contributed by atoms with van der Waals surface area (Å²) in [5, 5.41) is 0. The van der Waals surface area contributed by atoms with Gasteiger partial charge >= 0.3 is 0 Å². The minimum Gasteiger partial charge on any atom is -0.359 e. The molecule has 2 aliphatic rings. The van der Waals surface area contributed by atoms with Gasteiger partial charge in [-0.15, -0.1) is 5.73 Å². The smallest absolute Gasteiger partial charge is 0.118 e. The minimum atomic E-state index is -0.211. The molecule has 0 N–H and O–H groups in total. The molecule has 1 heteroatoms. The normalized spacial score (nSPS) is 24.8. The molecular weight excluding hydrogens is 436 g/mol. The maximum absolute atomic E-state index is 7.20. The summed E-state index contributed by atoms with van der Waals surface area (Å²) in [6.07, 6.45) is 28.3. The Morgan fingerprint density at radius 1 is 0.861 bits per heavy atom. The molecule has 0 radical (unpaired) electrons. The van der Waals surface area contributed by atoms with Crippen molar-refractivity contribution in [1.29, 1.82) is 0 Å². The molecule has 36 heavy (non-hydrogen) atoms. The highest BCUT2D eigenvalue weighted by Gasteiger charge is 2.48. The largest absolute Gasteiger partial charge is 0.359 e. The second-order valence-corrected chi connectivity index (χ2v) is 12.1. The summed E-state index contributed by atoms with van der Waals surface area (Å²) in [6.45, 7) is 16.1. The Balaban J connectivity index is 1.93. The van der Waals surface area contributed by atoms with Gasteiger partial charge in [-0.05, 0) is 116 Å². The third-order valence-corrected chi connectivity index (χ3v) is 8.71. The Hall–Kier alpha value is -1.30. The molecule has 1 heterocycles. The first kappa shape index (κ1) is 30.9. The fraction of sp³-hybridized carbons (Fsp3) is 0.743. The number of unbranched alkanes of at least 4 members (excludes halogenated alkanes) is 7. The highest BCUT2D eigenvalue weighted by molar-refractivity contribution is 5.44. The third-order valence-electron chi connectivity index (χ3n) is 8.71. The number of ether oxygens (including phenoxy) is 1. The average molecular weight is 495 g/mol. The SMILES string of the molecule is CCCC/C=C(\C)CCC/C(C)=C/CCC1(C)CCC2=C=CC(C)=C(C)C2(CCCCCCCC)O1. The van der Waals surface area contributed by atoms with Crippen LogP contribution in [0.2, 0.25) is 0 Å². The quantitative estimate of drug-likeness (QED) is 0.111. The Bertz CT molecular complexity index is 831. The fourth-order valence-corrected chi connectivity index (χ4v) is 5.98. The van der Waals surface area contributed by atoms with Crippen LogP contribution in [0, 0.1) is 0 Å². The summed E-state index contributed by atoms with van der Waals surface area (Å²) < 4.78 is 7.20. The molecule has 1 aliphatic carbocycles. The van der Waals surface area contributed by atoms with Gasteiger partial charge in [0.1, 0.15) is 5.60 Å². The molecule has 1 nitrogen and oxygen atoms in total. The van der Waals surface area contributed by atoms with Crippen LogP contribution in [0.3, 0.4) is 0 Å². The van der Waals surface area contributed by atoms with E-state index in [-0.39, 0.29) is 11.2 Å². The molecule has 0 spiro atoms. The third kappa shape index (κ3) is 9.54. The van der Waals surface area contributed by atoms with Crippen molar-refractivity contribution in [3.8, 4) is 0 Å². The highest BCUT2D eigenvalue weighted by Crippen LogP contribution is 2.49. The Morgan fingerprint density at radius 3 is 2.19 bits per heavy atom. The van der Waals surface area contributed by atoms with E-state index in [1.165, 1.54) is 93.8 Å². The summed E-state index contributed by atoms with van der Waals surface area (Å²) in [5.41, 5.74) is 10.7. The second kappa shape index (κ2) is 15.8. The van der Waals surface area contributed by atoms with Crippen LogP contribution >= 0.6 is 0 Å².